The van der Waals surface area contributed by atoms with Crippen molar-refractivity contribution in [2.24, 2.45) is 11.8 Å². The Morgan fingerprint density at radius 3 is 2.30 bits per heavy atom. The normalized spacial score (nSPS) is 25.3. The number of aliphatic hydroxyl groups excluding tert-OH is 2. The number of rotatable bonds is 15. The number of hydrogen-bond donors (Lipinski definition) is 3. The molecule has 0 radical (unpaired) electrons. The van der Waals surface area contributed by atoms with E-state index >= 15 is 0 Å². The van der Waals surface area contributed by atoms with E-state index in [1.165, 1.54) is 0 Å². The molecule has 0 spiro atoms. The van der Waals surface area contributed by atoms with E-state index in [4.69, 9.17) is 5.11 Å². The van der Waals surface area contributed by atoms with E-state index in [2.05, 4.69) is 19.1 Å². The second-order valence-corrected chi connectivity index (χ2v) is 7.93. The van der Waals surface area contributed by atoms with Crippen LogP contribution in [0.1, 0.15) is 90.4 Å². The maximum Gasteiger partial charge on any atom is 0.303 e. The minimum absolute atomic E-state index is 0.00431. The Balaban J connectivity index is 2.30. The first-order valence-electron chi connectivity index (χ1n) is 10.7. The molecule has 4 atom stereocenters. The first kappa shape index (κ1) is 23.8. The van der Waals surface area contributed by atoms with Crippen molar-refractivity contribution in [2.45, 2.75) is 103 Å². The van der Waals surface area contributed by atoms with Crippen LogP contribution in [0.25, 0.3) is 0 Å². The number of aliphatic hydroxyl groups is 2. The summed E-state index contributed by atoms with van der Waals surface area (Å²) in [5.41, 5.74) is 0. The summed E-state index contributed by atoms with van der Waals surface area (Å²) < 4.78 is 0. The number of aliphatic carboxylic acids is 1. The van der Waals surface area contributed by atoms with Crippen LogP contribution in [-0.2, 0) is 9.59 Å². The number of ketones is 1. The zero-order valence-corrected chi connectivity index (χ0v) is 16.8. The lowest BCUT2D eigenvalue weighted by Crippen LogP contribution is -2.22. The van der Waals surface area contributed by atoms with Crippen LogP contribution < -0.4 is 0 Å². The number of hydrogen-bond acceptors (Lipinski definition) is 4. The highest BCUT2D eigenvalue weighted by atomic mass is 16.4. The van der Waals surface area contributed by atoms with E-state index in [0.717, 1.165) is 44.9 Å². The van der Waals surface area contributed by atoms with Crippen LogP contribution in [0.4, 0.5) is 0 Å². The fourth-order valence-corrected chi connectivity index (χ4v) is 4.02. The van der Waals surface area contributed by atoms with Gasteiger partial charge in [0.05, 0.1) is 12.2 Å². The fourth-order valence-electron chi connectivity index (χ4n) is 4.02. The SMILES string of the molecule is CCCCCC(=O)CC[C@@H]1[C@@H](C/C=C\CCCCCC(=O)O)[C@@H](O)C[C@H]1O. The Morgan fingerprint density at radius 1 is 0.889 bits per heavy atom. The van der Waals surface area contributed by atoms with Crippen LogP contribution in [-0.4, -0.2) is 39.3 Å². The lowest BCUT2D eigenvalue weighted by Gasteiger charge is -2.22. The van der Waals surface area contributed by atoms with Crippen LogP contribution in [0, 0.1) is 11.8 Å². The first-order valence-corrected chi connectivity index (χ1v) is 10.7. The Morgan fingerprint density at radius 2 is 1.59 bits per heavy atom. The number of Topliss-reactive ketones (excluding diaryl/α,β-unsaturated/α-hetero) is 1. The van der Waals surface area contributed by atoms with E-state index < -0.39 is 18.2 Å². The zero-order valence-electron chi connectivity index (χ0n) is 16.8. The van der Waals surface area contributed by atoms with E-state index in [9.17, 15) is 19.8 Å². The molecule has 0 saturated heterocycles. The van der Waals surface area contributed by atoms with E-state index in [0.29, 0.717) is 32.1 Å². The lowest BCUT2D eigenvalue weighted by atomic mass is 9.86. The molecule has 0 amide bonds. The molecule has 0 aliphatic heterocycles. The first-order chi connectivity index (χ1) is 13.0. The molecule has 5 nitrogen and oxygen atoms in total. The van der Waals surface area contributed by atoms with Crippen molar-refractivity contribution in [3.8, 4) is 0 Å². The highest BCUT2D eigenvalue weighted by Crippen LogP contribution is 2.38. The molecule has 1 aliphatic rings. The summed E-state index contributed by atoms with van der Waals surface area (Å²) in [6.45, 7) is 2.12. The number of carboxylic acid groups (broad SMARTS) is 1. The van der Waals surface area contributed by atoms with Crippen molar-refractivity contribution >= 4 is 11.8 Å². The lowest BCUT2D eigenvalue weighted by molar-refractivity contribution is -0.137. The summed E-state index contributed by atoms with van der Waals surface area (Å²) in [6.07, 6.45) is 12.9. The summed E-state index contributed by atoms with van der Waals surface area (Å²) in [6, 6.07) is 0. The topological polar surface area (TPSA) is 94.8 Å². The Labute approximate surface area is 163 Å². The van der Waals surface area contributed by atoms with E-state index in [-0.39, 0.29) is 24.0 Å². The molecule has 3 N–H and O–H groups in total. The van der Waals surface area contributed by atoms with Gasteiger partial charge in [-0.25, -0.2) is 0 Å². The van der Waals surface area contributed by atoms with Crippen molar-refractivity contribution in [3.63, 3.8) is 0 Å². The van der Waals surface area contributed by atoms with Gasteiger partial charge >= 0.3 is 5.97 Å². The summed E-state index contributed by atoms with van der Waals surface area (Å²) in [5, 5.41) is 29.1. The summed E-state index contributed by atoms with van der Waals surface area (Å²) in [4.78, 5) is 22.5. The van der Waals surface area contributed by atoms with Crippen molar-refractivity contribution in [1.82, 2.24) is 0 Å². The standard InChI is InChI=1S/C22H38O5/c1-2-3-8-11-17(23)14-15-19-18(20(24)16-21(19)25)12-9-6-4-5-7-10-13-22(26)27/h6,9,18-21,24-25H,2-5,7-8,10-16H2,1H3,(H,26,27)/b9-6-/t18-,19-,20+,21-/m1/s1. The third kappa shape index (κ3) is 10.1. The molecule has 27 heavy (non-hydrogen) atoms. The van der Waals surface area contributed by atoms with Gasteiger partial charge < -0.3 is 15.3 Å². The quantitative estimate of drug-likeness (QED) is 0.291. The number of allylic oxidation sites excluding steroid dienone is 2. The second-order valence-electron chi connectivity index (χ2n) is 7.93. The van der Waals surface area contributed by atoms with Crippen molar-refractivity contribution in [1.29, 1.82) is 0 Å². The van der Waals surface area contributed by atoms with Gasteiger partial charge in [-0.1, -0.05) is 38.3 Å². The summed E-state index contributed by atoms with van der Waals surface area (Å²) >= 11 is 0. The third-order valence-electron chi connectivity index (χ3n) is 5.67. The highest BCUT2D eigenvalue weighted by molar-refractivity contribution is 5.78. The average molecular weight is 383 g/mol. The second kappa shape index (κ2) is 13.9. The van der Waals surface area contributed by atoms with Gasteiger partial charge in [0, 0.05) is 19.3 Å². The van der Waals surface area contributed by atoms with Gasteiger partial charge in [0.2, 0.25) is 0 Å². The van der Waals surface area contributed by atoms with Crippen LogP contribution in [0.2, 0.25) is 0 Å². The van der Waals surface area contributed by atoms with Gasteiger partial charge in [-0.2, -0.15) is 0 Å². The molecular formula is C22H38O5. The van der Waals surface area contributed by atoms with Gasteiger partial charge in [-0.15, -0.1) is 0 Å². The van der Waals surface area contributed by atoms with Crippen LogP contribution in [0.5, 0.6) is 0 Å². The predicted molar refractivity (Wildman–Crippen MR) is 106 cm³/mol. The molecular weight excluding hydrogens is 344 g/mol. The van der Waals surface area contributed by atoms with Gasteiger partial charge in [0.15, 0.2) is 0 Å². The van der Waals surface area contributed by atoms with Crippen LogP contribution in [0.15, 0.2) is 12.2 Å². The molecule has 5 heteroatoms. The van der Waals surface area contributed by atoms with Gasteiger partial charge in [-0.05, 0) is 56.8 Å². The number of carbonyl (C=O) groups is 2. The van der Waals surface area contributed by atoms with Crippen LogP contribution >= 0.6 is 0 Å². The van der Waals surface area contributed by atoms with Gasteiger partial charge in [0.1, 0.15) is 5.78 Å². The molecule has 0 unspecified atom stereocenters. The number of carboxylic acids is 1. The van der Waals surface area contributed by atoms with E-state index in [1.54, 1.807) is 0 Å². The number of carbonyl (C=O) groups excluding carboxylic acids is 1. The molecule has 1 fully saturated rings. The molecule has 0 aromatic rings. The summed E-state index contributed by atoms with van der Waals surface area (Å²) in [7, 11) is 0. The third-order valence-corrected chi connectivity index (χ3v) is 5.67. The van der Waals surface area contributed by atoms with Crippen molar-refractivity contribution in [3.05, 3.63) is 12.2 Å². The molecule has 0 bridgehead atoms. The monoisotopic (exact) mass is 382 g/mol. The minimum atomic E-state index is -0.741. The van der Waals surface area contributed by atoms with Crippen LogP contribution in [0.3, 0.4) is 0 Å². The Kier molecular flexibility index (Phi) is 12.3. The Hall–Kier alpha value is -1.20. The average Bonchev–Trinajstić information content (AvgIpc) is 2.88. The fraction of sp³-hybridized carbons (Fsp3) is 0.818. The van der Waals surface area contributed by atoms with Crippen molar-refractivity contribution in [2.75, 3.05) is 0 Å². The maximum absolute atomic E-state index is 12.0. The largest absolute Gasteiger partial charge is 0.481 e. The summed E-state index contributed by atoms with van der Waals surface area (Å²) in [5.74, 6) is -0.455. The Bertz CT molecular complexity index is 460. The molecule has 0 heterocycles. The zero-order chi connectivity index (χ0) is 20.1. The smallest absolute Gasteiger partial charge is 0.303 e. The molecule has 0 aromatic heterocycles. The molecule has 1 rings (SSSR count). The number of unbranched alkanes of at least 4 members (excludes halogenated alkanes) is 5. The van der Waals surface area contributed by atoms with Crippen molar-refractivity contribution < 1.29 is 24.9 Å². The molecule has 1 saturated carbocycles. The maximum atomic E-state index is 12.0. The van der Waals surface area contributed by atoms with Gasteiger partial charge in [-0.3, -0.25) is 9.59 Å². The molecule has 156 valence electrons. The molecule has 1 aliphatic carbocycles. The van der Waals surface area contributed by atoms with Gasteiger partial charge in [0.25, 0.3) is 0 Å². The minimum Gasteiger partial charge on any atom is -0.481 e. The highest BCUT2D eigenvalue weighted by Gasteiger charge is 2.40. The molecule has 0 aromatic carbocycles. The predicted octanol–water partition coefficient (Wildman–Crippen LogP) is 4.26. The van der Waals surface area contributed by atoms with E-state index in [1.807, 2.05) is 0 Å².